The minimum absolute atomic E-state index is 0. The highest BCUT2D eigenvalue weighted by molar-refractivity contribution is 5.87. The van der Waals surface area contributed by atoms with E-state index in [0.717, 1.165) is 12.1 Å². The van der Waals surface area contributed by atoms with Crippen LogP contribution < -0.4 is 5.32 Å². The molecule has 1 rings (SSSR count). The SMILES string of the molecule is C=C(C)C(=O)OCCNC.C=C(CCN(C)C)C(=O)OCc1ccccc1.Cl. The van der Waals surface area contributed by atoms with Gasteiger partial charge in [0.1, 0.15) is 13.2 Å². The van der Waals surface area contributed by atoms with Gasteiger partial charge in [0.2, 0.25) is 0 Å². The van der Waals surface area contributed by atoms with Gasteiger partial charge in [0, 0.05) is 24.2 Å². The molecule has 0 bridgehead atoms. The van der Waals surface area contributed by atoms with Crippen molar-refractivity contribution in [3.8, 4) is 0 Å². The van der Waals surface area contributed by atoms with E-state index in [1.807, 2.05) is 49.3 Å². The van der Waals surface area contributed by atoms with Crippen LogP contribution in [0.3, 0.4) is 0 Å². The molecule has 1 N–H and O–H groups in total. The van der Waals surface area contributed by atoms with Crippen molar-refractivity contribution in [2.75, 3.05) is 40.8 Å². The second-order valence-corrected chi connectivity index (χ2v) is 6.24. The first kappa shape index (κ1) is 28.1. The summed E-state index contributed by atoms with van der Waals surface area (Å²) in [7, 11) is 5.72. The van der Waals surface area contributed by atoms with E-state index >= 15 is 0 Å². The zero-order valence-corrected chi connectivity index (χ0v) is 18.1. The summed E-state index contributed by atoms with van der Waals surface area (Å²) in [6.45, 7) is 11.0. The molecule has 0 aliphatic rings. The molecule has 0 amide bonds. The molecule has 0 radical (unpaired) electrons. The lowest BCUT2D eigenvalue weighted by Gasteiger charge is -2.10. The van der Waals surface area contributed by atoms with Crippen LogP contribution in [0.2, 0.25) is 0 Å². The van der Waals surface area contributed by atoms with Crippen LogP contribution >= 0.6 is 12.4 Å². The van der Waals surface area contributed by atoms with E-state index in [2.05, 4.69) is 18.5 Å². The third kappa shape index (κ3) is 15.0. The zero-order valence-electron chi connectivity index (χ0n) is 17.3. The Balaban J connectivity index is 0. The first-order valence-corrected chi connectivity index (χ1v) is 8.78. The standard InChI is InChI=1S/C14H19NO2.C7H13NO2.ClH/c1-12(9-10-15(2)3)14(16)17-11-13-7-5-4-6-8-13;1-6(2)7(9)10-5-4-8-3;/h4-8H,1,9-11H2,2-3H3;8H,1,4-5H2,2-3H3;1H. The van der Waals surface area contributed by atoms with Gasteiger partial charge in [0.15, 0.2) is 0 Å². The number of carbonyl (C=O) groups excluding carboxylic acids is 2. The van der Waals surface area contributed by atoms with Crippen LogP contribution in [0.1, 0.15) is 18.9 Å². The summed E-state index contributed by atoms with van der Waals surface area (Å²) < 4.78 is 9.91. The quantitative estimate of drug-likeness (QED) is 0.362. The van der Waals surface area contributed by atoms with E-state index in [9.17, 15) is 9.59 Å². The summed E-state index contributed by atoms with van der Waals surface area (Å²) >= 11 is 0. The maximum atomic E-state index is 11.6. The number of likely N-dealkylation sites (N-methyl/N-ethyl adjacent to an activating group) is 1. The molecule has 1 aromatic rings. The first-order chi connectivity index (χ1) is 12.8. The van der Waals surface area contributed by atoms with Gasteiger partial charge in [-0.1, -0.05) is 43.5 Å². The summed E-state index contributed by atoms with van der Waals surface area (Å²) in [4.78, 5) is 24.3. The molecule has 0 aromatic heterocycles. The van der Waals surface area contributed by atoms with Crippen molar-refractivity contribution in [3.05, 3.63) is 60.2 Å². The number of carbonyl (C=O) groups is 2. The topological polar surface area (TPSA) is 67.9 Å². The Morgan fingerprint density at radius 1 is 1.07 bits per heavy atom. The van der Waals surface area contributed by atoms with Crippen molar-refractivity contribution in [3.63, 3.8) is 0 Å². The molecule has 0 heterocycles. The Kier molecular flexibility index (Phi) is 17.0. The molecule has 6 nitrogen and oxygen atoms in total. The molecule has 1 aromatic carbocycles. The van der Waals surface area contributed by atoms with Crippen molar-refractivity contribution in [2.24, 2.45) is 0 Å². The molecule has 0 aliphatic carbocycles. The third-order valence-corrected chi connectivity index (χ3v) is 3.30. The minimum atomic E-state index is -0.324. The lowest BCUT2D eigenvalue weighted by Crippen LogP contribution is -2.17. The molecule has 7 heteroatoms. The average Bonchev–Trinajstić information content (AvgIpc) is 2.65. The van der Waals surface area contributed by atoms with Gasteiger partial charge in [-0.15, -0.1) is 12.4 Å². The first-order valence-electron chi connectivity index (χ1n) is 8.78. The Labute approximate surface area is 175 Å². The van der Waals surface area contributed by atoms with Crippen molar-refractivity contribution in [2.45, 2.75) is 20.0 Å². The number of rotatable bonds is 10. The van der Waals surface area contributed by atoms with Gasteiger partial charge in [-0.3, -0.25) is 0 Å². The van der Waals surface area contributed by atoms with Crippen LogP contribution in [-0.4, -0.2) is 57.7 Å². The van der Waals surface area contributed by atoms with E-state index in [1.165, 1.54) is 0 Å². The Bertz CT molecular complexity index is 604. The molecule has 0 atom stereocenters. The van der Waals surface area contributed by atoms with Crippen LogP contribution in [0.5, 0.6) is 0 Å². The maximum Gasteiger partial charge on any atom is 0.333 e. The second-order valence-electron chi connectivity index (χ2n) is 6.24. The van der Waals surface area contributed by atoms with Gasteiger partial charge in [-0.25, -0.2) is 9.59 Å². The molecule has 158 valence electrons. The predicted octanol–water partition coefficient (Wildman–Crippen LogP) is 2.98. The van der Waals surface area contributed by atoms with Crippen molar-refractivity contribution < 1.29 is 19.1 Å². The van der Waals surface area contributed by atoms with Crippen LogP contribution in [0.4, 0.5) is 0 Å². The number of benzene rings is 1. The van der Waals surface area contributed by atoms with E-state index in [-0.39, 0.29) is 24.3 Å². The number of hydrogen-bond donors (Lipinski definition) is 1. The van der Waals surface area contributed by atoms with E-state index < -0.39 is 0 Å². The summed E-state index contributed by atoms with van der Waals surface area (Å²) in [5.41, 5.74) is 1.95. The number of nitrogens with one attached hydrogen (secondary N) is 1. The normalized spacial score (nSPS) is 9.46. The molecule has 0 aliphatic heterocycles. The van der Waals surface area contributed by atoms with E-state index in [1.54, 1.807) is 14.0 Å². The van der Waals surface area contributed by atoms with Crippen LogP contribution in [-0.2, 0) is 25.7 Å². The molecule has 28 heavy (non-hydrogen) atoms. The lowest BCUT2D eigenvalue weighted by molar-refractivity contribution is -0.140. The Hall–Kier alpha value is -2.15. The molecule has 0 saturated carbocycles. The van der Waals surface area contributed by atoms with Gasteiger partial charge >= 0.3 is 11.9 Å². The summed E-state index contributed by atoms with van der Waals surface area (Å²) in [5.74, 6) is -0.633. The fourth-order valence-electron chi connectivity index (χ4n) is 1.65. The molecule has 0 spiro atoms. The third-order valence-electron chi connectivity index (χ3n) is 3.30. The van der Waals surface area contributed by atoms with Crippen molar-refractivity contribution >= 4 is 24.3 Å². The lowest BCUT2D eigenvalue weighted by atomic mass is 10.2. The fraction of sp³-hybridized carbons (Fsp3) is 0.429. The van der Waals surface area contributed by atoms with Crippen LogP contribution in [0, 0.1) is 0 Å². The Morgan fingerprint density at radius 3 is 2.18 bits per heavy atom. The van der Waals surface area contributed by atoms with E-state index in [0.29, 0.717) is 37.3 Å². The number of esters is 2. The van der Waals surface area contributed by atoms with Gasteiger partial charge in [-0.2, -0.15) is 0 Å². The van der Waals surface area contributed by atoms with Gasteiger partial charge < -0.3 is 19.7 Å². The van der Waals surface area contributed by atoms with Crippen LogP contribution in [0.25, 0.3) is 0 Å². The predicted molar refractivity (Wildman–Crippen MR) is 115 cm³/mol. The molecule has 0 unspecified atom stereocenters. The zero-order chi connectivity index (χ0) is 20.7. The minimum Gasteiger partial charge on any atom is -0.461 e. The van der Waals surface area contributed by atoms with Crippen molar-refractivity contribution in [1.29, 1.82) is 0 Å². The molecular formula is C21H33ClN2O4. The van der Waals surface area contributed by atoms with E-state index in [4.69, 9.17) is 9.47 Å². The van der Waals surface area contributed by atoms with Crippen LogP contribution in [0.15, 0.2) is 54.6 Å². The highest BCUT2D eigenvalue weighted by Gasteiger charge is 2.08. The fourth-order valence-corrected chi connectivity index (χ4v) is 1.65. The summed E-state index contributed by atoms with van der Waals surface area (Å²) in [5, 5.41) is 2.86. The maximum absolute atomic E-state index is 11.6. The number of nitrogens with zero attached hydrogens (tertiary/aromatic N) is 1. The smallest absolute Gasteiger partial charge is 0.333 e. The molecular weight excluding hydrogens is 380 g/mol. The van der Waals surface area contributed by atoms with Gasteiger partial charge in [-0.05, 0) is 40.1 Å². The summed E-state index contributed by atoms with van der Waals surface area (Å²) in [6.07, 6.45) is 0.640. The second kappa shape index (κ2) is 17.0. The monoisotopic (exact) mass is 412 g/mol. The number of ether oxygens (including phenoxy) is 2. The highest BCUT2D eigenvalue weighted by Crippen LogP contribution is 2.06. The molecule has 0 fully saturated rings. The number of hydrogen-bond acceptors (Lipinski definition) is 6. The highest BCUT2D eigenvalue weighted by atomic mass is 35.5. The van der Waals surface area contributed by atoms with Gasteiger partial charge in [0.05, 0.1) is 0 Å². The number of halogens is 1. The summed E-state index contributed by atoms with van der Waals surface area (Å²) in [6, 6.07) is 9.63. The molecule has 0 saturated heterocycles. The average molecular weight is 413 g/mol. The largest absolute Gasteiger partial charge is 0.461 e. The van der Waals surface area contributed by atoms with Crippen molar-refractivity contribution in [1.82, 2.24) is 10.2 Å². The van der Waals surface area contributed by atoms with Gasteiger partial charge in [0.25, 0.3) is 0 Å². The Morgan fingerprint density at radius 2 is 1.68 bits per heavy atom.